The molecule has 0 radical (unpaired) electrons. The SMILES string of the molecule is CN=C(NCCCCOCCc1ccccc1)N1CCN(C(C)C(F)(F)F)CC1. The number of halogens is 3. The highest BCUT2D eigenvalue weighted by Gasteiger charge is 2.41. The van der Waals surface area contributed by atoms with Crippen molar-refractivity contribution in [3.05, 3.63) is 35.9 Å². The molecule has 1 aliphatic rings. The van der Waals surface area contributed by atoms with E-state index in [9.17, 15) is 13.2 Å². The average Bonchev–Trinajstić information content (AvgIpc) is 2.72. The van der Waals surface area contributed by atoms with E-state index in [-0.39, 0.29) is 0 Å². The molecule has 0 spiro atoms. The van der Waals surface area contributed by atoms with Gasteiger partial charge >= 0.3 is 6.18 Å². The summed E-state index contributed by atoms with van der Waals surface area (Å²) in [6.07, 6.45) is -1.35. The Morgan fingerprint density at radius 1 is 1.10 bits per heavy atom. The van der Waals surface area contributed by atoms with E-state index in [1.54, 1.807) is 7.05 Å². The van der Waals surface area contributed by atoms with E-state index in [1.807, 2.05) is 23.1 Å². The summed E-state index contributed by atoms with van der Waals surface area (Å²) in [5, 5.41) is 3.31. The van der Waals surface area contributed by atoms with Crippen molar-refractivity contribution in [3.63, 3.8) is 0 Å². The maximum Gasteiger partial charge on any atom is 0.403 e. The Hall–Kier alpha value is -1.80. The zero-order valence-corrected chi connectivity index (χ0v) is 17.4. The number of benzene rings is 1. The molecule has 0 aromatic heterocycles. The van der Waals surface area contributed by atoms with E-state index in [0.29, 0.717) is 26.2 Å². The molecule has 5 nitrogen and oxygen atoms in total. The smallest absolute Gasteiger partial charge is 0.381 e. The van der Waals surface area contributed by atoms with Crippen LogP contribution < -0.4 is 5.32 Å². The zero-order chi connectivity index (χ0) is 21.1. The molecule has 0 aliphatic carbocycles. The minimum atomic E-state index is -4.18. The number of aliphatic imine (C=N–C) groups is 1. The molecule has 2 rings (SSSR count). The van der Waals surface area contributed by atoms with Gasteiger partial charge in [0.15, 0.2) is 5.96 Å². The fourth-order valence-electron chi connectivity index (χ4n) is 3.33. The number of hydrogen-bond donors (Lipinski definition) is 1. The minimum Gasteiger partial charge on any atom is -0.381 e. The van der Waals surface area contributed by atoms with Crippen LogP contribution in [-0.2, 0) is 11.2 Å². The maximum atomic E-state index is 12.9. The van der Waals surface area contributed by atoms with E-state index < -0.39 is 12.2 Å². The van der Waals surface area contributed by atoms with Gasteiger partial charge in [0.1, 0.15) is 6.04 Å². The molecular weight excluding hydrogens is 381 g/mol. The molecule has 1 fully saturated rings. The van der Waals surface area contributed by atoms with Crippen LogP contribution in [0.4, 0.5) is 13.2 Å². The monoisotopic (exact) mass is 414 g/mol. The number of alkyl halides is 3. The Morgan fingerprint density at radius 2 is 1.79 bits per heavy atom. The first-order valence-corrected chi connectivity index (χ1v) is 10.3. The van der Waals surface area contributed by atoms with Gasteiger partial charge in [0.05, 0.1) is 6.61 Å². The Balaban J connectivity index is 1.55. The fraction of sp³-hybridized carbons (Fsp3) is 0.667. The topological polar surface area (TPSA) is 40.1 Å². The molecule has 1 heterocycles. The molecule has 1 N–H and O–H groups in total. The van der Waals surface area contributed by atoms with Crippen LogP contribution in [0.2, 0.25) is 0 Å². The number of ether oxygens (including phenoxy) is 1. The van der Waals surface area contributed by atoms with Gasteiger partial charge in [0.25, 0.3) is 0 Å². The Morgan fingerprint density at radius 3 is 2.41 bits per heavy atom. The summed E-state index contributed by atoms with van der Waals surface area (Å²) in [5.41, 5.74) is 1.28. The normalized spacial score (nSPS) is 17.4. The van der Waals surface area contributed by atoms with Crippen molar-refractivity contribution in [1.82, 2.24) is 15.1 Å². The quantitative estimate of drug-likeness (QED) is 0.383. The molecule has 1 aromatic rings. The number of guanidine groups is 1. The van der Waals surface area contributed by atoms with Crippen LogP contribution in [0.25, 0.3) is 0 Å². The first-order valence-electron chi connectivity index (χ1n) is 10.3. The molecular formula is C21H33F3N4O. The zero-order valence-electron chi connectivity index (χ0n) is 17.4. The molecule has 29 heavy (non-hydrogen) atoms. The van der Waals surface area contributed by atoms with Gasteiger partial charge in [0.2, 0.25) is 0 Å². The summed E-state index contributed by atoms with van der Waals surface area (Å²) >= 11 is 0. The fourth-order valence-corrected chi connectivity index (χ4v) is 3.33. The standard InChI is InChI=1S/C21H33F3N4O/c1-18(21(22,23)24)27-12-14-28(15-13-27)20(25-2)26-11-6-7-16-29-17-10-19-8-4-3-5-9-19/h3-5,8-9,18H,6-7,10-17H2,1-2H3,(H,25,26). The van der Waals surface area contributed by atoms with Crippen molar-refractivity contribution in [2.75, 3.05) is 53.0 Å². The second-order valence-corrected chi connectivity index (χ2v) is 7.27. The average molecular weight is 415 g/mol. The highest BCUT2D eigenvalue weighted by Crippen LogP contribution is 2.25. The highest BCUT2D eigenvalue weighted by atomic mass is 19.4. The van der Waals surface area contributed by atoms with Crippen molar-refractivity contribution in [1.29, 1.82) is 0 Å². The van der Waals surface area contributed by atoms with Crippen LogP contribution in [0.3, 0.4) is 0 Å². The number of hydrogen-bond acceptors (Lipinski definition) is 3. The molecule has 1 atom stereocenters. The first kappa shape index (κ1) is 23.5. The molecule has 0 bridgehead atoms. The van der Waals surface area contributed by atoms with Gasteiger partial charge < -0.3 is 15.0 Å². The summed E-state index contributed by atoms with van der Waals surface area (Å²) in [7, 11) is 1.71. The molecule has 1 aromatic carbocycles. The molecule has 0 amide bonds. The Kier molecular flexibility index (Phi) is 9.73. The third-order valence-electron chi connectivity index (χ3n) is 5.22. The van der Waals surface area contributed by atoms with Crippen LogP contribution in [0.5, 0.6) is 0 Å². The molecule has 1 saturated heterocycles. The van der Waals surface area contributed by atoms with Crippen molar-refractivity contribution in [3.8, 4) is 0 Å². The lowest BCUT2D eigenvalue weighted by atomic mass is 10.2. The molecule has 8 heteroatoms. The summed E-state index contributed by atoms with van der Waals surface area (Å²) in [4.78, 5) is 7.78. The number of unbranched alkanes of at least 4 members (excludes halogenated alkanes) is 1. The van der Waals surface area contributed by atoms with Crippen molar-refractivity contribution in [2.45, 2.75) is 38.4 Å². The second kappa shape index (κ2) is 12.0. The van der Waals surface area contributed by atoms with Crippen molar-refractivity contribution < 1.29 is 17.9 Å². The number of nitrogens with zero attached hydrogens (tertiary/aromatic N) is 3. The molecule has 1 aliphatic heterocycles. The summed E-state index contributed by atoms with van der Waals surface area (Å²) < 4.78 is 44.3. The van der Waals surface area contributed by atoms with E-state index in [4.69, 9.17) is 4.74 Å². The van der Waals surface area contributed by atoms with Gasteiger partial charge in [-0.2, -0.15) is 13.2 Å². The van der Waals surface area contributed by atoms with Gasteiger partial charge in [-0.25, -0.2) is 0 Å². The lowest BCUT2D eigenvalue weighted by Crippen LogP contribution is -2.56. The van der Waals surface area contributed by atoms with Crippen LogP contribution in [0.1, 0.15) is 25.3 Å². The maximum absolute atomic E-state index is 12.9. The predicted molar refractivity (Wildman–Crippen MR) is 110 cm³/mol. The van der Waals surface area contributed by atoms with Crippen LogP contribution in [-0.4, -0.2) is 81.0 Å². The summed E-state index contributed by atoms with van der Waals surface area (Å²) in [6.45, 7) is 5.30. The second-order valence-electron chi connectivity index (χ2n) is 7.27. The Bertz CT molecular complexity index is 602. The summed E-state index contributed by atoms with van der Waals surface area (Å²) in [6, 6.07) is 8.87. The largest absolute Gasteiger partial charge is 0.403 e. The van der Waals surface area contributed by atoms with Crippen molar-refractivity contribution >= 4 is 5.96 Å². The highest BCUT2D eigenvalue weighted by molar-refractivity contribution is 5.79. The van der Waals surface area contributed by atoms with Crippen LogP contribution in [0, 0.1) is 0 Å². The number of nitrogens with one attached hydrogen (secondary N) is 1. The van der Waals surface area contributed by atoms with Gasteiger partial charge in [-0.1, -0.05) is 30.3 Å². The Labute approximate surface area is 171 Å². The van der Waals surface area contributed by atoms with E-state index in [1.165, 1.54) is 17.4 Å². The lowest BCUT2D eigenvalue weighted by Gasteiger charge is -2.39. The number of piperazine rings is 1. The number of rotatable bonds is 9. The van der Waals surface area contributed by atoms with Gasteiger partial charge in [-0.3, -0.25) is 9.89 Å². The third-order valence-corrected chi connectivity index (χ3v) is 5.22. The van der Waals surface area contributed by atoms with Crippen LogP contribution in [0.15, 0.2) is 35.3 Å². The van der Waals surface area contributed by atoms with Gasteiger partial charge in [0, 0.05) is 46.4 Å². The predicted octanol–water partition coefficient (Wildman–Crippen LogP) is 3.17. The van der Waals surface area contributed by atoms with Crippen LogP contribution >= 0.6 is 0 Å². The van der Waals surface area contributed by atoms with Gasteiger partial charge in [-0.15, -0.1) is 0 Å². The minimum absolute atomic E-state index is 0.386. The van der Waals surface area contributed by atoms with E-state index >= 15 is 0 Å². The van der Waals surface area contributed by atoms with E-state index in [0.717, 1.165) is 45.0 Å². The first-order chi connectivity index (χ1) is 13.9. The van der Waals surface area contributed by atoms with Gasteiger partial charge in [-0.05, 0) is 31.7 Å². The molecule has 1 unspecified atom stereocenters. The van der Waals surface area contributed by atoms with Crippen molar-refractivity contribution in [2.24, 2.45) is 4.99 Å². The summed E-state index contributed by atoms with van der Waals surface area (Å²) in [5.74, 6) is 0.759. The lowest BCUT2D eigenvalue weighted by molar-refractivity contribution is -0.181. The third kappa shape index (κ3) is 8.22. The molecule has 0 saturated carbocycles. The van der Waals surface area contributed by atoms with E-state index in [2.05, 4.69) is 22.4 Å². The molecule has 164 valence electrons.